The third-order valence-electron chi connectivity index (χ3n) is 2.63. The van der Waals surface area contributed by atoms with Crippen molar-refractivity contribution >= 4 is 0 Å². The van der Waals surface area contributed by atoms with Gasteiger partial charge >= 0.3 is 0 Å². The van der Waals surface area contributed by atoms with Gasteiger partial charge in [0.2, 0.25) is 0 Å². The molecule has 0 spiro atoms. The van der Waals surface area contributed by atoms with Gasteiger partial charge in [-0.2, -0.15) is 0 Å². The second-order valence-electron chi connectivity index (χ2n) is 2.92. The molecule has 0 fully saturated rings. The zero-order valence-electron chi connectivity index (χ0n) is 7.78. The van der Waals surface area contributed by atoms with E-state index in [2.05, 4.69) is 39.8 Å². The summed E-state index contributed by atoms with van der Waals surface area (Å²) in [5.74, 6) is 0. The fraction of sp³-hybridized carbons (Fsp3) is 0.800. The third-order valence-corrected chi connectivity index (χ3v) is 2.63. The van der Waals surface area contributed by atoms with Crippen molar-refractivity contribution in [2.75, 3.05) is 0 Å². The SMILES string of the molecule is CC=CC(CC)(CC)CC. The number of hydrogen-bond donors (Lipinski definition) is 0. The molecule has 0 amide bonds. The first-order valence-electron chi connectivity index (χ1n) is 4.38. The van der Waals surface area contributed by atoms with E-state index in [1.165, 1.54) is 19.3 Å². The van der Waals surface area contributed by atoms with Crippen LogP contribution in [-0.4, -0.2) is 0 Å². The summed E-state index contributed by atoms with van der Waals surface area (Å²) in [6.45, 7) is 8.92. The van der Waals surface area contributed by atoms with Gasteiger partial charge in [-0.05, 0) is 31.6 Å². The molecule has 0 radical (unpaired) electrons. The minimum Gasteiger partial charge on any atom is -0.0911 e. The van der Waals surface area contributed by atoms with E-state index in [4.69, 9.17) is 0 Å². The largest absolute Gasteiger partial charge is 0.0911 e. The van der Waals surface area contributed by atoms with E-state index in [0.717, 1.165) is 0 Å². The van der Waals surface area contributed by atoms with Crippen LogP contribution < -0.4 is 0 Å². The first-order chi connectivity index (χ1) is 4.74. The van der Waals surface area contributed by atoms with Crippen LogP contribution in [0.1, 0.15) is 47.0 Å². The molecule has 0 aliphatic rings. The van der Waals surface area contributed by atoms with Crippen molar-refractivity contribution in [1.82, 2.24) is 0 Å². The molecule has 0 saturated carbocycles. The standard InChI is InChI=1S/C10H20/c1-5-9-10(6-2,7-3)8-4/h5,9H,6-8H2,1-4H3. The van der Waals surface area contributed by atoms with Crippen LogP contribution in [0.2, 0.25) is 0 Å². The molecule has 10 heavy (non-hydrogen) atoms. The highest BCUT2D eigenvalue weighted by molar-refractivity contribution is 4.96. The molecule has 0 aromatic heterocycles. The molecule has 0 aliphatic carbocycles. The van der Waals surface area contributed by atoms with Crippen LogP contribution in [0.15, 0.2) is 12.2 Å². The Hall–Kier alpha value is -0.260. The Morgan fingerprint density at radius 1 is 1.00 bits per heavy atom. The molecule has 0 aliphatic heterocycles. The van der Waals surface area contributed by atoms with Crippen LogP contribution in [0.3, 0.4) is 0 Å². The van der Waals surface area contributed by atoms with Crippen molar-refractivity contribution in [2.24, 2.45) is 5.41 Å². The predicted molar refractivity (Wildman–Crippen MR) is 48.1 cm³/mol. The molecule has 0 atom stereocenters. The fourth-order valence-corrected chi connectivity index (χ4v) is 1.46. The van der Waals surface area contributed by atoms with Gasteiger partial charge in [0.15, 0.2) is 0 Å². The molecule has 0 nitrogen and oxygen atoms in total. The van der Waals surface area contributed by atoms with Gasteiger partial charge in [-0.25, -0.2) is 0 Å². The summed E-state index contributed by atoms with van der Waals surface area (Å²) >= 11 is 0. The van der Waals surface area contributed by atoms with Crippen molar-refractivity contribution in [3.63, 3.8) is 0 Å². The third kappa shape index (κ3) is 2.17. The van der Waals surface area contributed by atoms with Crippen LogP contribution in [0.25, 0.3) is 0 Å². The second-order valence-corrected chi connectivity index (χ2v) is 2.92. The summed E-state index contributed by atoms with van der Waals surface area (Å²) in [5, 5.41) is 0. The topological polar surface area (TPSA) is 0 Å². The lowest BCUT2D eigenvalue weighted by Gasteiger charge is -2.25. The lowest BCUT2D eigenvalue weighted by molar-refractivity contribution is 0.339. The summed E-state index contributed by atoms with van der Waals surface area (Å²) in [4.78, 5) is 0. The summed E-state index contributed by atoms with van der Waals surface area (Å²) in [5.41, 5.74) is 0.495. The molecule has 0 N–H and O–H groups in total. The molecule has 0 heterocycles. The minimum absolute atomic E-state index is 0.495. The quantitative estimate of drug-likeness (QED) is 0.521. The number of allylic oxidation sites excluding steroid dienone is 2. The second kappa shape index (κ2) is 4.54. The Kier molecular flexibility index (Phi) is 4.42. The molecule has 0 aromatic carbocycles. The van der Waals surface area contributed by atoms with E-state index >= 15 is 0 Å². The van der Waals surface area contributed by atoms with Crippen molar-refractivity contribution < 1.29 is 0 Å². The summed E-state index contributed by atoms with van der Waals surface area (Å²) in [7, 11) is 0. The Balaban J connectivity index is 4.15. The van der Waals surface area contributed by atoms with E-state index in [9.17, 15) is 0 Å². The monoisotopic (exact) mass is 140 g/mol. The van der Waals surface area contributed by atoms with Crippen molar-refractivity contribution in [3.05, 3.63) is 12.2 Å². The molecule has 0 heteroatoms. The minimum atomic E-state index is 0.495. The molecule has 0 saturated heterocycles. The molecule has 0 unspecified atom stereocenters. The lowest BCUT2D eigenvalue weighted by atomic mass is 9.80. The lowest BCUT2D eigenvalue weighted by Crippen LogP contribution is -2.13. The highest BCUT2D eigenvalue weighted by atomic mass is 14.2. The van der Waals surface area contributed by atoms with Gasteiger partial charge in [-0.15, -0.1) is 0 Å². The van der Waals surface area contributed by atoms with Gasteiger partial charge in [0.25, 0.3) is 0 Å². The average molecular weight is 140 g/mol. The van der Waals surface area contributed by atoms with E-state index in [-0.39, 0.29) is 0 Å². The number of rotatable bonds is 4. The van der Waals surface area contributed by atoms with Gasteiger partial charge in [0, 0.05) is 0 Å². The van der Waals surface area contributed by atoms with Gasteiger partial charge < -0.3 is 0 Å². The van der Waals surface area contributed by atoms with Gasteiger partial charge in [-0.1, -0.05) is 32.9 Å². The van der Waals surface area contributed by atoms with Crippen LogP contribution in [0.5, 0.6) is 0 Å². The first kappa shape index (κ1) is 9.74. The van der Waals surface area contributed by atoms with Crippen molar-refractivity contribution in [1.29, 1.82) is 0 Å². The molecule has 0 bridgehead atoms. The Bertz CT molecular complexity index is 88.3. The van der Waals surface area contributed by atoms with Crippen molar-refractivity contribution in [3.8, 4) is 0 Å². The molecule has 60 valence electrons. The van der Waals surface area contributed by atoms with Crippen LogP contribution in [0.4, 0.5) is 0 Å². The van der Waals surface area contributed by atoms with E-state index in [1.807, 2.05) is 0 Å². The fourth-order valence-electron chi connectivity index (χ4n) is 1.46. The van der Waals surface area contributed by atoms with Crippen LogP contribution in [0, 0.1) is 5.41 Å². The van der Waals surface area contributed by atoms with E-state index in [0.29, 0.717) is 5.41 Å². The zero-order chi connectivity index (χ0) is 8.04. The molecule has 0 aromatic rings. The maximum Gasteiger partial charge on any atom is -0.0126 e. The smallest absolute Gasteiger partial charge is 0.0126 e. The molecular formula is C10H20. The Morgan fingerprint density at radius 3 is 1.50 bits per heavy atom. The number of hydrogen-bond acceptors (Lipinski definition) is 0. The average Bonchev–Trinajstić information content (AvgIpc) is 2.01. The Morgan fingerprint density at radius 2 is 1.40 bits per heavy atom. The van der Waals surface area contributed by atoms with Gasteiger partial charge in [0.1, 0.15) is 0 Å². The summed E-state index contributed by atoms with van der Waals surface area (Å²) in [6, 6.07) is 0. The highest BCUT2D eigenvalue weighted by Crippen LogP contribution is 2.31. The maximum absolute atomic E-state index is 2.35. The Labute approximate surface area is 65.3 Å². The van der Waals surface area contributed by atoms with Gasteiger partial charge in [0.05, 0.1) is 0 Å². The molecular weight excluding hydrogens is 120 g/mol. The summed E-state index contributed by atoms with van der Waals surface area (Å²) in [6.07, 6.45) is 8.34. The highest BCUT2D eigenvalue weighted by Gasteiger charge is 2.18. The first-order valence-corrected chi connectivity index (χ1v) is 4.38. The van der Waals surface area contributed by atoms with Crippen molar-refractivity contribution in [2.45, 2.75) is 47.0 Å². The predicted octanol–water partition coefficient (Wildman–Crippen LogP) is 3.78. The van der Waals surface area contributed by atoms with E-state index in [1.54, 1.807) is 0 Å². The maximum atomic E-state index is 2.35. The normalized spacial score (nSPS) is 12.8. The zero-order valence-corrected chi connectivity index (χ0v) is 7.78. The van der Waals surface area contributed by atoms with Gasteiger partial charge in [-0.3, -0.25) is 0 Å². The summed E-state index contributed by atoms with van der Waals surface area (Å²) < 4.78 is 0. The van der Waals surface area contributed by atoms with E-state index < -0.39 is 0 Å². The molecule has 0 rings (SSSR count). The van der Waals surface area contributed by atoms with Crippen LogP contribution >= 0.6 is 0 Å². The van der Waals surface area contributed by atoms with Crippen LogP contribution in [-0.2, 0) is 0 Å².